The molecule has 0 aromatic heterocycles. The van der Waals surface area contributed by atoms with Gasteiger partial charge in [0.1, 0.15) is 0 Å². The van der Waals surface area contributed by atoms with E-state index in [-0.39, 0.29) is 0 Å². The lowest BCUT2D eigenvalue weighted by Gasteiger charge is -2.33. The van der Waals surface area contributed by atoms with Crippen LogP contribution in [-0.4, -0.2) is 7.85 Å². The number of hydrogen-bond acceptors (Lipinski definition) is 0. The average Bonchev–Trinajstić information content (AvgIpc) is 2.68. The van der Waals surface area contributed by atoms with Gasteiger partial charge >= 0.3 is 0 Å². The molecule has 4 aliphatic rings. The molecule has 0 unspecified atom stereocenters. The van der Waals surface area contributed by atoms with Gasteiger partial charge in [0, 0.05) is 7.85 Å². The van der Waals surface area contributed by atoms with Crippen molar-refractivity contribution in [2.24, 2.45) is 35.5 Å². The zero-order valence-corrected chi connectivity index (χ0v) is 11.1. The molecule has 0 aromatic carbocycles. The van der Waals surface area contributed by atoms with Crippen LogP contribution >= 0.6 is 45.2 Å². The average molecular weight is 386 g/mol. The van der Waals surface area contributed by atoms with Crippen molar-refractivity contribution in [1.29, 1.82) is 0 Å². The smallest absolute Gasteiger partial charge is 0.0175 e. The van der Waals surface area contributed by atoms with Gasteiger partial charge < -0.3 is 0 Å². The van der Waals surface area contributed by atoms with Gasteiger partial charge in [-0.15, -0.1) is 0 Å². The van der Waals surface area contributed by atoms with E-state index in [4.69, 9.17) is 0 Å². The number of rotatable bonds is 0. The first-order valence-corrected chi connectivity index (χ1v) is 7.56. The Morgan fingerprint density at radius 3 is 1.42 bits per heavy atom. The van der Waals surface area contributed by atoms with E-state index < -0.39 is 0 Å². The summed E-state index contributed by atoms with van der Waals surface area (Å²) in [5.41, 5.74) is 0. The summed E-state index contributed by atoms with van der Waals surface area (Å²) in [6.07, 6.45) is 3.23. The largest absolute Gasteiger partial charge is 0.0820 e. The van der Waals surface area contributed by atoms with Crippen molar-refractivity contribution in [2.45, 2.75) is 20.7 Å². The van der Waals surface area contributed by atoms with Crippen LogP contribution < -0.4 is 0 Å². The van der Waals surface area contributed by atoms with Gasteiger partial charge in [-0.3, -0.25) is 0 Å². The maximum absolute atomic E-state index is 2.77. The highest BCUT2D eigenvalue weighted by atomic mass is 127. The quantitative estimate of drug-likeness (QED) is 0.444. The van der Waals surface area contributed by atoms with Crippen LogP contribution in [0.25, 0.3) is 0 Å². The van der Waals surface area contributed by atoms with Gasteiger partial charge in [0.05, 0.1) is 0 Å². The van der Waals surface area contributed by atoms with E-state index in [2.05, 4.69) is 45.2 Å². The normalized spacial score (nSPS) is 76.5. The molecule has 0 spiro atoms. The summed E-state index contributed by atoms with van der Waals surface area (Å²) in [6, 6.07) is 0. The molecule has 0 aliphatic heterocycles. The van der Waals surface area contributed by atoms with E-state index in [1.54, 1.807) is 12.8 Å². The lowest BCUT2D eigenvalue weighted by Crippen LogP contribution is -2.27. The molecule has 0 N–H and O–H groups in total. The van der Waals surface area contributed by atoms with Crippen molar-refractivity contribution in [2.75, 3.05) is 0 Å². The molecule has 0 saturated heterocycles. The van der Waals surface area contributed by atoms with E-state index in [9.17, 15) is 0 Å². The first-order valence-electron chi connectivity index (χ1n) is 5.07. The first-order chi connectivity index (χ1) is 5.79. The molecule has 0 nitrogen and oxygen atoms in total. The molecule has 12 heavy (non-hydrogen) atoms. The monoisotopic (exact) mass is 386 g/mol. The lowest BCUT2D eigenvalue weighted by atomic mass is 9.71. The molecule has 66 valence electrons. The molecule has 0 amide bonds. The molecule has 2 heteroatoms. The summed E-state index contributed by atoms with van der Waals surface area (Å²) in [6.45, 7) is 0. The molecule has 8 atom stereocenters. The molecule has 0 radical (unpaired) electrons. The number of alkyl halides is 2. The van der Waals surface area contributed by atoms with Crippen molar-refractivity contribution < 1.29 is 0 Å². The van der Waals surface area contributed by atoms with Crippen molar-refractivity contribution in [3.05, 3.63) is 0 Å². The third-order valence-corrected chi connectivity index (χ3v) is 8.68. The molecule has 0 heterocycles. The Kier molecular flexibility index (Phi) is 1.39. The van der Waals surface area contributed by atoms with Crippen LogP contribution in [0.5, 0.6) is 0 Å². The van der Waals surface area contributed by atoms with Gasteiger partial charge in [-0.25, -0.2) is 0 Å². The summed E-state index contributed by atoms with van der Waals surface area (Å²) < 4.78 is 2.15. The minimum Gasteiger partial charge on any atom is -0.0820 e. The predicted octanol–water partition coefficient (Wildman–Crippen LogP) is 3.13. The second-order valence-corrected chi connectivity index (χ2v) is 8.05. The Balaban J connectivity index is 1.92. The molecule has 4 aliphatic carbocycles. The number of hydrogen-bond donors (Lipinski definition) is 0. The molecule has 4 bridgehead atoms. The van der Waals surface area contributed by atoms with Crippen LogP contribution in [0.15, 0.2) is 0 Å². The van der Waals surface area contributed by atoms with Gasteiger partial charge in [-0.05, 0) is 48.3 Å². The number of halogens is 2. The third kappa shape index (κ3) is 0.607. The topological polar surface area (TPSA) is 0 Å². The van der Waals surface area contributed by atoms with Gasteiger partial charge in [-0.2, -0.15) is 0 Å². The van der Waals surface area contributed by atoms with E-state index >= 15 is 0 Å². The fourth-order valence-electron chi connectivity index (χ4n) is 4.98. The Labute approximate surface area is 101 Å². The maximum Gasteiger partial charge on any atom is 0.0175 e. The van der Waals surface area contributed by atoms with E-state index in [1.165, 1.54) is 23.7 Å². The fourth-order valence-corrected chi connectivity index (χ4v) is 8.66. The van der Waals surface area contributed by atoms with Crippen LogP contribution in [0.4, 0.5) is 0 Å². The highest BCUT2D eigenvalue weighted by Crippen LogP contribution is 2.75. The molecule has 4 fully saturated rings. The van der Waals surface area contributed by atoms with Crippen molar-refractivity contribution in [3.8, 4) is 0 Å². The minimum absolute atomic E-state index is 1.08. The summed E-state index contributed by atoms with van der Waals surface area (Å²) in [7, 11) is 0. The lowest BCUT2D eigenvalue weighted by molar-refractivity contribution is 0.146. The Morgan fingerprint density at radius 2 is 1.08 bits per heavy atom. The molecular weight excluding hydrogens is 374 g/mol. The fraction of sp³-hybridized carbons (Fsp3) is 1.00. The highest BCUT2D eigenvalue weighted by Gasteiger charge is 2.71. The summed E-state index contributed by atoms with van der Waals surface area (Å²) in [5, 5.41) is 0. The van der Waals surface area contributed by atoms with Crippen LogP contribution in [-0.2, 0) is 0 Å². The zero-order chi connectivity index (χ0) is 8.03. The standard InChI is InChI=1S/C10H12I2/c11-9-5-1-3-6-2-4(5)8(7(3)9)10(6)12/h3-10H,1-2H2/t3-,4-,5-,6+,7-,8+,9-,10-/m1/s1. The van der Waals surface area contributed by atoms with E-state index in [0.717, 1.165) is 19.7 Å². The Hall–Kier alpha value is 1.46. The zero-order valence-electron chi connectivity index (χ0n) is 6.79. The molecule has 4 saturated carbocycles. The second-order valence-electron chi connectivity index (χ2n) is 5.17. The van der Waals surface area contributed by atoms with E-state index in [0.29, 0.717) is 0 Å². The summed E-state index contributed by atoms with van der Waals surface area (Å²) in [4.78, 5) is 0. The van der Waals surface area contributed by atoms with Crippen molar-refractivity contribution in [1.82, 2.24) is 0 Å². The van der Waals surface area contributed by atoms with Crippen LogP contribution in [0.2, 0.25) is 0 Å². The van der Waals surface area contributed by atoms with Crippen LogP contribution in [0, 0.1) is 35.5 Å². The van der Waals surface area contributed by atoms with Gasteiger partial charge in [0.2, 0.25) is 0 Å². The van der Waals surface area contributed by atoms with Crippen molar-refractivity contribution in [3.63, 3.8) is 0 Å². The summed E-state index contributed by atoms with van der Waals surface area (Å²) in [5.74, 6) is 6.99. The van der Waals surface area contributed by atoms with E-state index in [1.807, 2.05) is 0 Å². The predicted molar refractivity (Wildman–Crippen MR) is 65.8 cm³/mol. The Morgan fingerprint density at radius 1 is 0.667 bits per heavy atom. The highest BCUT2D eigenvalue weighted by molar-refractivity contribution is 14.1. The molecule has 4 rings (SSSR count). The Bertz CT molecular complexity index is 226. The van der Waals surface area contributed by atoms with Gasteiger partial charge in [-0.1, -0.05) is 45.2 Å². The summed E-state index contributed by atoms with van der Waals surface area (Å²) >= 11 is 5.53. The van der Waals surface area contributed by atoms with Gasteiger partial charge in [0.25, 0.3) is 0 Å². The van der Waals surface area contributed by atoms with Gasteiger partial charge in [0.15, 0.2) is 0 Å². The van der Waals surface area contributed by atoms with Crippen molar-refractivity contribution >= 4 is 45.2 Å². The number of fused-ring (bicyclic) bond motifs is 4. The second kappa shape index (κ2) is 2.17. The van der Waals surface area contributed by atoms with Crippen LogP contribution in [0.3, 0.4) is 0 Å². The van der Waals surface area contributed by atoms with Crippen LogP contribution in [0.1, 0.15) is 12.8 Å². The molecular formula is C10H12I2. The maximum atomic E-state index is 2.77. The SMILES string of the molecule is I[C@@H]1[C@@H]2C[C@@H]3[C@@H]4C[C@H]2[C@H]([C@@H]4I)[C@H]13. The first kappa shape index (κ1) is 7.71. The molecule has 0 aromatic rings. The minimum atomic E-state index is 1.08. The third-order valence-electron chi connectivity index (χ3n) is 5.18.